The molecular formula is C22H31N7O8. The second-order valence-corrected chi connectivity index (χ2v) is 7.95. The maximum absolute atomic E-state index is 13.5. The monoisotopic (exact) mass is 521 g/mol. The molecule has 15 nitrogen and oxygen atoms in total. The second kappa shape index (κ2) is 11.9. The van der Waals surface area contributed by atoms with Gasteiger partial charge in [-0.05, 0) is 6.92 Å². The topological polar surface area (TPSA) is 141 Å². The molecule has 2 unspecified atom stereocenters. The first-order valence-corrected chi connectivity index (χ1v) is 11.4. The number of amides is 4. The van der Waals surface area contributed by atoms with E-state index in [1.807, 2.05) is 0 Å². The van der Waals surface area contributed by atoms with Gasteiger partial charge in [0.15, 0.2) is 12.3 Å². The molecule has 0 radical (unpaired) electrons. The molecule has 2 fully saturated rings. The Labute approximate surface area is 212 Å². The highest BCUT2D eigenvalue weighted by Gasteiger charge is 2.59. The maximum atomic E-state index is 13.5. The van der Waals surface area contributed by atoms with Gasteiger partial charge in [-0.15, -0.1) is 0 Å². The summed E-state index contributed by atoms with van der Waals surface area (Å²) in [7, 11) is 2.96. The Morgan fingerprint density at radius 1 is 0.730 bits per heavy atom. The maximum Gasteiger partial charge on any atom is 0.344 e. The van der Waals surface area contributed by atoms with Gasteiger partial charge in [-0.25, -0.2) is 37.7 Å². The molecule has 1 aromatic rings. The van der Waals surface area contributed by atoms with E-state index in [2.05, 4.69) is 13.2 Å². The lowest BCUT2D eigenvalue weighted by atomic mass is 10.3. The van der Waals surface area contributed by atoms with Crippen molar-refractivity contribution in [1.82, 2.24) is 33.3 Å². The normalized spacial score (nSPS) is 19.4. The summed E-state index contributed by atoms with van der Waals surface area (Å²) in [6, 6.07) is -0.982. The van der Waals surface area contributed by atoms with Gasteiger partial charge in [0.2, 0.25) is 0 Å². The van der Waals surface area contributed by atoms with E-state index in [9.17, 15) is 24.0 Å². The quantitative estimate of drug-likeness (QED) is 0.244. The van der Waals surface area contributed by atoms with E-state index in [4.69, 9.17) is 14.2 Å². The van der Waals surface area contributed by atoms with Crippen molar-refractivity contribution in [3.63, 3.8) is 0 Å². The molecule has 0 spiro atoms. The lowest BCUT2D eigenvalue weighted by Gasteiger charge is -2.29. The Kier molecular flexibility index (Phi) is 8.86. The SMILES string of the molecule is C=Cn1c(=O)n(C=C)c(=O)n(CN2C(=O)N(COC)C3C2N(CC)C(=O)N3COC/C=C/COC)c1=O. The van der Waals surface area contributed by atoms with E-state index < -0.39 is 48.1 Å². The van der Waals surface area contributed by atoms with Gasteiger partial charge >= 0.3 is 29.1 Å². The van der Waals surface area contributed by atoms with E-state index in [-0.39, 0.29) is 26.6 Å². The van der Waals surface area contributed by atoms with Crippen LogP contribution in [0.3, 0.4) is 0 Å². The van der Waals surface area contributed by atoms with Crippen LogP contribution in [0.2, 0.25) is 0 Å². The predicted octanol–water partition coefficient (Wildman–Crippen LogP) is -0.742. The summed E-state index contributed by atoms with van der Waals surface area (Å²) >= 11 is 0. The van der Waals surface area contributed by atoms with E-state index in [1.165, 1.54) is 26.7 Å². The molecule has 1 aromatic heterocycles. The van der Waals surface area contributed by atoms with Crippen molar-refractivity contribution in [3.05, 3.63) is 56.8 Å². The highest BCUT2D eigenvalue weighted by Crippen LogP contribution is 2.35. The summed E-state index contributed by atoms with van der Waals surface area (Å²) < 4.78 is 17.7. The molecule has 2 saturated heterocycles. The fourth-order valence-electron chi connectivity index (χ4n) is 4.29. The third-order valence-electron chi connectivity index (χ3n) is 5.95. The average Bonchev–Trinajstić information content (AvgIpc) is 3.29. The van der Waals surface area contributed by atoms with Gasteiger partial charge in [-0.3, -0.25) is 14.7 Å². The number of carbonyl (C=O) groups excluding carboxylic acids is 2. The molecule has 3 heterocycles. The van der Waals surface area contributed by atoms with Crippen LogP contribution in [0.5, 0.6) is 0 Å². The van der Waals surface area contributed by atoms with E-state index in [0.29, 0.717) is 20.3 Å². The number of carbonyl (C=O) groups is 2. The number of rotatable bonds is 13. The Hall–Kier alpha value is -3.95. The van der Waals surface area contributed by atoms with Gasteiger partial charge in [0.25, 0.3) is 0 Å². The van der Waals surface area contributed by atoms with Gasteiger partial charge in [-0.2, -0.15) is 0 Å². The smallest absolute Gasteiger partial charge is 0.344 e. The number of nitrogens with zero attached hydrogens (tertiary/aromatic N) is 7. The van der Waals surface area contributed by atoms with Crippen LogP contribution in [0.4, 0.5) is 9.59 Å². The van der Waals surface area contributed by atoms with E-state index in [1.54, 1.807) is 26.2 Å². The van der Waals surface area contributed by atoms with Crippen LogP contribution >= 0.6 is 0 Å². The third kappa shape index (κ3) is 4.87. The largest absolute Gasteiger partial charge is 0.381 e. The van der Waals surface area contributed by atoms with Crippen molar-refractivity contribution >= 4 is 24.5 Å². The van der Waals surface area contributed by atoms with Gasteiger partial charge < -0.3 is 19.1 Å². The lowest BCUT2D eigenvalue weighted by Crippen LogP contribution is -2.56. The highest BCUT2D eigenvalue weighted by atomic mass is 16.5. The number of fused-ring (bicyclic) bond motifs is 1. The van der Waals surface area contributed by atoms with Crippen molar-refractivity contribution in [2.75, 3.05) is 47.4 Å². The Balaban J connectivity index is 2.01. The first-order valence-electron chi connectivity index (χ1n) is 11.4. The van der Waals surface area contributed by atoms with Crippen molar-refractivity contribution in [3.8, 4) is 0 Å². The van der Waals surface area contributed by atoms with Crippen LogP contribution in [-0.2, 0) is 20.9 Å². The molecule has 2 aliphatic rings. The number of ether oxygens (including phenoxy) is 3. The molecule has 37 heavy (non-hydrogen) atoms. The minimum atomic E-state index is -0.993. The summed E-state index contributed by atoms with van der Waals surface area (Å²) in [6.45, 7) is 8.64. The molecule has 0 bridgehead atoms. The molecule has 3 rings (SSSR count). The number of likely N-dealkylation sites (N-methyl/N-ethyl adjacent to an activating group) is 1. The first kappa shape index (κ1) is 27.6. The standard InChI is InChI=1S/C22H31N7O8/c1-6-23-16-17(29(18(23)30)15-37-12-10-9-11-35-4)28(14-36-5)22(34)26(16)13-27-20(32)24(7-2)19(31)25(8-3)21(27)33/h7-10,16-17H,2-3,6,11-15H2,1,4-5H3/b10-9+. The van der Waals surface area contributed by atoms with E-state index >= 15 is 0 Å². The average molecular weight is 522 g/mol. The molecule has 2 atom stereocenters. The van der Waals surface area contributed by atoms with E-state index in [0.717, 1.165) is 12.4 Å². The number of hydrogen-bond donors (Lipinski definition) is 0. The Bertz CT molecular complexity index is 1200. The summed E-state index contributed by atoms with van der Waals surface area (Å²) in [4.78, 5) is 70.4. The number of urea groups is 2. The summed E-state index contributed by atoms with van der Waals surface area (Å²) in [6.07, 6.45) is 3.73. The minimum absolute atomic E-state index is 0.125. The van der Waals surface area contributed by atoms with Crippen LogP contribution in [0, 0.1) is 0 Å². The molecule has 202 valence electrons. The lowest BCUT2D eigenvalue weighted by molar-refractivity contribution is -0.00991. The van der Waals surface area contributed by atoms with Crippen LogP contribution < -0.4 is 17.1 Å². The predicted molar refractivity (Wildman–Crippen MR) is 132 cm³/mol. The second-order valence-electron chi connectivity index (χ2n) is 7.95. The molecule has 4 amide bonds. The van der Waals surface area contributed by atoms with Crippen LogP contribution in [0.1, 0.15) is 6.92 Å². The first-order chi connectivity index (χ1) is 17.8. The van der Waals surface area contributed by atoms with Crippen molar-refractivity contribution in [1.29, 1.82) is 0 Å². The number of hydrogen-bond acceptors (Lipinski definition) is 8. The molecule has 0 aromatic carbocycles. The molecule has 0 saturated carbocycles. The highest BCUT2D eigenvalue weighted by molar-refractivity contribution is 5.85. The van der Waals surface area contributed by atoms with Gasteiger partial charge in [-0.1, -0.05) is 25.3 Å². The summed E-state index contributed by atoms with van der Waals surface area (Å²) in [5, 5.41) is 0. The van der Waals surface area contributed by atoms with Gasteiger partial charge in [0, 0.05) is 33.2 Å². The fraction of sp³-hybridized carbons (Fsp3) is 0.500. The van der Waals surface area contributed by atoms with Crippen LogP contribution in [0.15, 0.2) is 39.7 Å². The minimum Gasteiger partial charge on any atom is -0.381 e. The zero-order valence-corrected chi connectivity index (χ0v) is 21.0. The van der Waals surface area contributed by atoms with Gasteiger partial charge in [0.1, 0.15) is 20.1 Å². The third-order valence-corrected chi connectivity index (χ3v) is 5.95. The molecule has 2 aliphatic heterocycles. The fourth-order valence-corrected chi connectivity index (χ4v) is 4.29. The van der Waals surface area contributed by atoms with Crippen molar-refractivity contribution in [2.24, 2.45) is 0 Å². The van der Waals surface area contributed by atoms with Crippen LogP contribution in [-0.4, -0.2) is 105 Å². The Morgan fingerprint density at radius 3 is 1.81 bits per heavy atom. The number of methoxy groups -OCH3 is 2. The molecular weight excluding hydrogens is 490 g/mol. The Morgan fingerprint density at radius 2 is 1.27 bits per heavy atom. The number of aromatic nitrogens is 3. The molecule has 0 aliphatic carbocycles. The molecule has 15 heteroatoms. The zero-order valence-electron chi connectivity index (χ0n) is 21.0. The zero-order chi connectivity index (χ0) is 27.3. The van der Waals surface area contributed by atoms with Crippen LogP contribution in [0.25, 0.3) is 12.4 Å². The summed E-state index contributed by atoms with van der Waals surface area (Å²) in [5.74, 6) is 0. The molecule has 0 N–H and O–H groups in total. The van der Waals surface area contributed by atoms with Gasteiger partial charge in [0.05, 0.1) is 13.2 Å². The summed E-state index contributed by atoms with van der Waals surface area (Å²) in [5.41, 5.74) is -2.93. The van der Waals surface area contributed by atoms with Crippen molar-refractivity contribution < 1.29 is 23.8 Å². The van der Waals surface area contributed by atoms with Crippen molar-refractivity contribution in [2.45, 2.75) is 25.9 Å².